The van der Waals surface area contributed by atoms with Gasteiger partial charge in [-0.05, 0) is 30.4 Å². The van der Waals surface area contributed by atoms with Crippen molar-refractivity contribution in [2.75, 3.05) is 7.11 Å². The number of carbonyl (C=O) groups is 2. The number of nitrogens with one attached hydrogen (secondary N) is 1. The lowest BCUT2D eigenvalue weighted by Gasteiger charge is -2.21. The van der Waals surface area contributed by atoms with Crippen LogP contribution < -0.4 is 10.1 Å². The topological polar surface area (TPSA) is 88.8 Å². The van der Waals surface area contributed by atoms with Crippen LogP contribution in [0.1, 0.15) is 39.2 Å². The highest BCUT2D eigenvalue weighted by molar-refractivity contribution is 5.90. The van der Waals surface area contributed by atoms with E-state index in [1.54, 1.807) is 19.2 Å². The molecule has 0 saturated carbocycles. The number of hydrogen-bond acceptors (Lipinski definition) is 4. The fraction of sp³-hybridized carbons (Fsp3) is 0.474. The quantitative estimate of drug-likeness (QED) is 0.801. The maximum atomic E-state index is 12.3. The number of methoxy groups -OCH3 is 1. The van der Waals surface area contributed by atoms with E-state index in [9.17, 15) is 14.7 Å². The average Bonchev–Trinajstić information content (AvgIpc) is 2.92. The van der Waals surface area contributed by atoms with Crippen molar-refractivity contribution in [3.05, 3.63) is 30.0 Å². The van der Waals surface area contributed by atoms with Gasteiger partial charge < -0.3 is 19.6 Å². The van der Waals surface area contributed by atoms with Gasteiger partial charge in [-0.25, -0.2) is 4.79 Å². The molecular formula is C19H25NO5. The minimum atomic E-state index is -1.01. The fourth-order valence-electron chi connectivity index (χ4n) is 2.58. The first-order valence-electron chi connectivity index (χ1n) is 8.26. The maximum Gasteiger partial charge on any atom is 0.326 e. The van der Waals surface area contributed by atoms with E-state index in [2.05, 4.69) is 5.32 Å². The lowest BCUT2D eigenvalue weighted by atomic mass is 9.88. The predicted molar refractivity (Wildman–Crippen MR) is 94.7 cm³/mol. The zero-order valence-corrected chi connectivity index (χ0v) is 15.1. The standard InChI is InChI=1S/C19H25NO5/c1-19(2,3)8-7-15(18(22)23)20-17(21)9-12-11-25-16-10-13(24-4)5-6-14(12)16/h5-6,10-11,15H,7-9H2,1-4H3,(H,20,21)(H,22,23). The van der Waals surface area contributed by atoms with Crippen LogP contribution in [-0.4, -0.2) is 30.1 Å². The molecule has 1 unspecified atom stereocenters. The first kappa shape index (κ1) is 18.8. The summed E-state index contributed by atoms with van der Waals surface area (Å²) in [5.41, 5.74) is 1.36. The summed E-state index contributed by atoms with van der Waals surface area (Å²) in [6, 6.07) is 4.49. The maximum absolute atomic E-state index is 12.3. The van der Waals surface area contributed by atoms with Crippen molar-refractivity contribution in [2.45, 2.75) is 46.1 Å². The van der Waals surface area contributed by atoms with Crippen molar-refractivity contribution in [1.82, 2.24) is 5.32 Å². The Hall–Kier alpha value is -2.50. The molecule has 25 heavy (non-hydrogen) atoms. The molecule has 2 N–H and O–H groups in total. The molecular weight excluding hydrogens is 322 g/mol. The molecule has 0 radical (unpaired) electrons. The third-order valence-electron chi connectivity index (χ3n) is 4.03. The first-order chi connectivity index (χ1) is 11.7. The molecule has 1 aromatic heterocycles. The van der Waals surface area contributed by atoms with E-state index in [1.807, 2.05) is 26.8 Å². The SMILES string of the molecule is COc1ccc2c(CC(=O)NC(CCC(C)(C)C)C(=O)O)coc2c1. The van der Waals surface area contributed by atoms with E-state index < -0.39 is 12.0 Å². The molecule has 6 nitrogen and oxygen atoms in total. The van der Waals surface area contributed by atoms with Gasteiger partial charge in [0.2, 0.25) is 5.91 Å². The van der Waals surface area contributed by atoms with Gasteiger partial charge in [0.15, 0.2) is 0 Å². The number of carboxylic acids is 1. The van der Waals surface area contributed by atoms with Crippen molar-refractivity contribution in [1.29, 1.82) is 0 Å². The van der Waals surface area contributed by atoms with Gasteiger partial charge in [-0.1, -0.05) is 20.8 Å². The molecule has 1 atom stereocenters. The second-order valence-corrected chi connectivity index (χ2v) is 7.36. The molecule has 6 heteroatoms. The van der Waals surface area contributed by atoms with Crippen LogP contribution in [0.3, 0.4) is 0 Å². The second-order valence-electron chi connectivity index (χ2n) is 7.36. The number of aliphatic carboxylic acids is 1. The molecule has 0 aliphatic heterocycles. The molecule has 1 aromatic carbocycles. The van der Waals surface area contributed by atoms with Crippen LogP contribution in [0.4, 0.5) is 0 Å². The number of carbonyl (C=O) groups excluding carboxylic acids is 1. The lowest BCUT2D eigenvalue weighted by molar-refractivity contribution is -0.142. The summed E-state index contributed by atoms with van der Waals surface area (Å²) in [5, 5.41) is 12.8. The molecule has 1 amide bonds. The summed E-state index contributed by atoms with van der Waals surface area (Å²) in [5.74, 6) is -0.676. The molecule has 0 bridgehead atoms. The largest absolute Gasteiger partial charge is 0.497 e. The number of hydrogen-bond donors (Lipinski definition) is 2. The molecule has 136 valence electrons. The van der Waals surface area contributed by atoms with Crippen molar-refractivity contribution in [3.63, 3.8) is 0 Å². The molecule has 0 fully saturated rings. The van der Waals surface area contributed by atoms with Gasteiger partial charge in [0.25, 0.3) is 0 Å². The van der Waals surface area contributed by atoms with Crippen LogP contribution in [0.5, 0.6) is 5.75 Å². The molecule has 2 rings (SSSR count). The number of ether oxygens (including phenoxy) is 1. The Morgan fingerprint density at radius 3 is 2.64 bits per heavy atom. The third kappa shape index (κ3) is 5.24. The number of carboxylic acid groups (broad SMARTS) is 1. The highest BCUT2D eigenvalue weighted by Gasteiger charge is 2.23. The zero-order chi connectivity index (χ0) is 18.6. The highest BCUT2D eigenvalue weighted by Crippen LogP contribution is 2.26. The monoisotopic (exact) mass is 347 g/mol. The lowest BCUT2D eigenvalue weighted by Crippen LogP contribution is -2.42. The molecule has 1 heterocycles. The Kier molecular flexibility index (Phi) is 5.72. The average molecular weight is 347 g/mol. The summed E-state index contributed by atoms with van der Waals surface area (Å²) in [6.45, 7) is 6.12. The molecule has 0 aliphatic carbocycles. The first-order valence-corrected chi connectivity index (χ1v) is 8.26. The van der Waals surface area contributed by atoms with E-state index in [4.69, 9.17) is 9.15 Å². The Morgan fingerprint density at radius 2 is 2.04 bits per heavy atom. The number of benzene rings is 1. The Morgan fingerprint density at radius 1 is 1.32 bits per heavy atom. The summed E-state index contributed by atoms with van der Waals surface area (Å²) < 4.78 is 10.6. The van der Waals surface area contributed by atoms with E-state index in [0.29, 0.717) is 24.2 Å². The molecule has 0 aliphatic rings. The van der Waals surface area contributed by atoms with E-state index >= 15 is 0 Å². The Balaban J connectivity index is 2.04. The number of rotatable bonds is 7. The van der Waals surface area contributed by atoms with Gasteiger partial charge >= 0.3 is 5.97 Å². The number of fused-ring (bicyclic) bond motifs is 1. The minimum absolute atomic E-state index is 0.0121. The van der Waals surface area contributed by atoms with Gasteiger partial charge in [-0.3, -0.25) is 4.79 Å². The third-order valence-corrected chi connectivity index (χ3v) is 4.03. The summed E-state index contributed by atoms with van der Waals surface area (Å²) in [4.78, 5) is 23.7. The van der Waals surface area contributed by atoms with Crippen molar-refractivity contribution >= 4 is 22.8 Å². The minimum Gasteiger partial charge on any atom is -0.497 e. The smallest absolute Gasteiger partial charge is 0.326 e. The second kappa shape index (κ2) is 7.59. The van der Waals surface area contributed by atoms with Gasteiger partial charge in [-0.2, -0.15) is 0 Å². The van der Waals surface area contributed by atoms with Crippen molar-refractivity contribution in [2.24, 2.45) is 5.41 Å². The molecule has 2 aromatic rings. The van der Waals surface area contributed by atoms with E-state index in [1.165, 1.54) is 6.26 Å². The number of furan rings is 1. The van der Waals surface area contributed by atoms with Crippen LogP contribution >= 0.6 is 0 Å². The van der Waals surface area contributed by atoms with Crippen molar-refractivity contribution in [3.8, 4) is 5.75 Å². The normalized spacial score (nSPS) is 12.8. The fourth-order valence-corrected chi connectivity index (χ4v) is 2.58. The van der Waals surface area contributed by atoms with E-state index in [-0.39, 0.29) is 17.7 Å². The summed E-state index contributed by atoms with van der Waals surface area (Å²) in [7, 11) is 1.57. The van der Waals surface area contributed by atoms with Crippen LogP contribution in [0.15, 0.2) is 28.9 Å². The van der Waals surface area contributed by atoms with Gasteiger partial charge in [0, 0.05) is 17.0 Å². The summed E-state index contributed by atoms with van der Waals surface area (Å²) in [6.07, 6.45) is 2.69. The van der Waals surface area contributed by atoms with E-state index in [0.717, 1.165) is 10.9 Å². The van der Waals surface area contributed by atoms with Crippen LogP contribution in [0.2, 0.25) is 0 Å². The van der Waals surface area contributed by atoms with Gasteiger partial charge in [0.1, 0.15) is 17.4 Å². The van der Waals surface area contributed by atoms with Crippen LogP contribution in [-0.2, 0) is 16.0 Å². The predicted octanol–water partition coefficient (Wildman–Crippen LogP) is 3.38. The summed E-state index contributed by atoms with van der Waals surface area (Å²) >= 11 is 0. The highest BCUT2D eigenvalue weighted by atomic mass is 16.5. The molecule has 0 spiro atoms. The molecule has 0 saturated heterocycles. The van der Waals surface area contributed by atoms with Crippen LogP contribution in [0, 0.1) is 5.41 Å². The van der Waals surface area contributed by atoms with Crippen molar-refractivity contribution < 1.29 is 23.8 Å². The van der Waals surface area contributed by atoms with Gasteiger partial charge in [0.05, 0.1) is 19.8 Å². The Labute approximate surface area is 147 Å². The zero-order valence-electron chi connectivity index (χ0n) is 15.1. The van der Waals surface area contributed by atoms with Crippen LogP contribution in [0.25, 0.3) is 11.0 Å². The van der Waals surface area contributed by atoms with Gasteiger partial charge in [-0.15, -0.1) is 0 Å². The Bertz CT molecular complexity index is 757. The number of amides is 1.